The van der Waals surface area contributed by atoms with Crippen LogP contribution in [0.4, 0.5) is 0 Å². The Bertz CT molecular complexity index is 841. The minimum atomic E-state index is 0. The summed E-state index contributed by atoms with van der Waals surface area (Å²) in [6, 6.07) is 18.8. The minimum Gasteiger partial charge on any atom is -0.274 e. The Hall–Kier alpha value is -1.64. The van der Waals surface area contributed by atoms with Crippen LogP contribution >= 0.6 is 0 Å². The Labute approximate surface area is 148 Å². The van der Waals surface area contributed by atoms with Gasteiger partial charge in [0.2, 0.25) is 0 Å². The quantitative estimate of drug-likeness (QED) is 0.488. The average Bonchev–Trinajstić information content (AvgIpc) is 2.54. The van der Waals surface area contributed by atoms with Gasteiger partial charge in [-0.2, -0.15) is 24.3 Å². The van der Waals surface area contributed by atoms with Gasteiger partial charge in [0.1, 0.15) is 0 Å². The second-order valence-corrected chi connectivity index (χ2v) is 4.70. The topological polar surface area (TPSA) is 25.8 Å². The Morgan fingerprint density at radius 1 is 0.667 bits per heavy atom. The molecule has 2 aromatic carbocycles. The zero-order chi connectivity index (χ0) is 13.4. The molecule has 0 aliphatic heterocycles. The Morgan fingerprint density at radius 3 is 1.62 bits per heavy atom. The molecule has 0 saturated heterocycles. The van der Waals surface area contributed by atoms with Crippen molar-refractivity contribution in [1.29, 1.82) is 0 Å². The maximum Gasteiger partial charge on any atom is 0.0248 e. The molecule has 0 unspecified atom stereocenters. The molecule has 0 aliphatic rings. The molecule has 2 heterocycles. The molecule has 0 amide bonds. The van der Waals surface area contributed by atoms with Gasteiger partial charge in [0.25, 0.3) is 0 Å². The predicted molar refractivity (Wildman–Crippen MR) is 80.2 cm³/mol. The van der Waals surface area contributed by atoms with Crippen molar-refractivity contribution in [2.24, 2.45) is 0 Å². The molecule has 1 radical (unpaired) electrons. The summed E-state index contributed by atoms with van der Waals surface area (Å²) in [6.45, 7) is 0. The standard InChI is InChI=1S/C18H10N2.Y/c1-3-17-11-19-7-5-15(17)9-13(1)14-2-4-18-12-20-8-6-16(18)10-14;/h3-12H;/q-2;. The predicted octanol–water partition coefficient (Wildman–Crippen LogP) is 4.05. The molecule has 0 N–H and O–H groups in total. The normalized spacial score (nSPS) is 10.5. The van der Waals surface area contributed by atoms with Gasteiger partial charge in [-0.15, -0.1) is 22.9 Å². The van der Waals surface area contributed by atoms with E-state index in [-0.39, 0.29) is 32.7 Å². The SMILES string of the molecule is [Y].[c-]1cc2cnccc2cc1-c1[c-]cc2cnccc2c1. The summed E-state index contributed by atoms with van der Waals surface area (Å²) in [5.41, 5.74) is 2.09. The first kappa shape index (κ1) is 14.3. The van der Waals surface area contributed by atoms with Crippen LogP contribution in [0.1, 0.15) is 0 Å². The van der Waals surface area contributed by atoms with Crippen LogP contribution in [0.3, 0.4) is 0 Å². The van der Waals surface area contributed by atoms with E-state index in [1.54, 1.807) is 0 Å². The molecule has 4 aromatic rings. The molecule has 0 bridgehead atoms. The Balaban J connectivity index is 0.00000132. The molecule has 97 valence electrons. The monoisotopic (exact) mass is 343 g/mol. The van der Waals surface area contributed by atoms with Crippen molar-refractivity contribution in [2.75, 3.05) is 0 Å². The molecule has 0 atom stereocenters. The van der Waals surface area contributed by atoms with Crippen LogP contribution in [0.25, 0.3) is 32.7 Å². The summed E-state index contributed by atoms with van der Waals surface area (Å²) >= 11 is 0. The summed E-state index contributed by atoms with van der Waals surface area (Å²) in [6.07, 6.45) is 7.32. The smallest absolute Gasteiger partial charge is 0.0248 e. The van der Waals surface area contributed by atoms with Crippen LogP contribution in [-0.4, -0.2) is 9.97 Å². The van der Waals surface area contributed by atoms with E-state index in [0.717, 1.165) is 32.7 Å². The third-order valence-corrected chi connectivity index (χ3v) is 3.43. The summed E-state index contributed by atoms with van der Waals surface area (Å²) in [5.74, 6) is 0. The van der Waals surface area contributed by atoms with Crippen molar-refractivity contribution >= 4 is 21.5 Å². The molecular weight excluding hydrogens is 333 g/mol. The number of aromatic nitrogens is 2. The van der Waals surface area contributed by atoms with E-state index in [2.05, 4.69) is 34.2 Å². The second kappa shape index (κ2) is 6.01. The van der Waals surface area contributed by atoms with Crippen molar-refractivity contribution in [3.05, 3.63) is 73.3 Å². The Morgan fingerprint density at radius 2 is 1.14 bits per heavy atom. The molecule has 21 heavy (non-hydrogen) atoms. The molecule has 0 aliphatic carbocycles. The second-order valence-electron chi connectivity index (χ2n) is 4.70. The number of rotatable bonds is 1. The summed E-state index contributed by atoms with van der Waals surface area (Å²) in [7, 11) is 0. The fourth-order valence-corrected chi connectivity index (χ4v) is 2.36. The third kappa shape index (κ3) is 2.74. The molecular formula is C18H10N2Y-2. The summed E-state index contributed by atoms with van der Waals surface area (Å²) in [4.78, 5) is 8.24. The zero-order valence-electron chi connectivity index (χ0n) is 11.2. The molecule has 0 fully saturated rings. The van der Waals surface area contributed by atoms with Gasteiger partial charge in [-0.3, -0.25) is 9.97 Å². The van der Waals surface area contributed by atoms with E-state index in [4.69, 9.17) is 0 Å². The van der Waals surface area contributed by atoms with Gasteiger partial charge in [-0.05, 0) is 12.4 Å². The number of benzene rings is 2. The molecule has 0 spiro atoms. The molecule has 0 saturated carbocycles. The largest absolute Gasteiger partial charge is 0.274 e. The number of nitrogens with zero attached hydrogens (tertiary/aromatic N) is 2. The van der Waals surface area contributed by atoms with Gasteiger partial charge in [-0.1, -0.05) is 22.9 Å². The van der Waals surface area contributed by atoms with Gasteiger partial charge in [0.15, 0.2) is 0 Å². The van der Waals surface area contributed by atoms with Gasteiger partial charge >= 0.3 is 0 Å². The van der Waals surface area contributed by atoms with Crippen LogP contribution in [0.5, 0.6) is 0 Å². The molecule has 2 aromatic heterocycles. The average molecular weight is 343 g/mol. The van der Waals surface area contributed by atoms with Crippen molar-refractivity contribution < 1.29 is 32.7 Å². The minimum absolute atomic E-state index is 0. The summed E-state index contributed by atoms with van der Waals surface area (Å²) in [5, 5.41) is 4.52. The molecule has 3 heteroatoms. The van der Waals surface area contributed by atoms with E-state index >= 15 is 0 Å². The van der Waals surface area contributed by atoms with Crippen LogP contribution in [0.15, 0.2) is 61.2 Å². The van der Waals surface area contributed by atoms with Crippen molar-refractivity contribution in [3.8, 4) is 11.1 Å². The van der Waals surface area contributed by atoms with E-state index in [1.807, 2.05) is 49.1 Å². The van der Waals surface area contributed by atoms with Gasteiger partial charge < -0.3 is 0 Å². The van der Waals surface area contributed by atoms with E-state index in [1.165, 1.54) is 0 Å². The van der Waals surface area contributed by atoms with Gasteiger partial charge in [0, 0.05) is 45.1 Å². The van der Waals surface area contributed by atoms with Gasteiger partial charge in [-0.25, -0.2) is 11.1 Å². The first-order valence-electron chi connectivity index (χ1n) is 6.41. The first-order valence-corrected chi connectivity index (χ1v) is 6.41. The fourth-order valence-electron chi connectivity index (χ4n) is 2.36. The zero-order valence-corrected chi connectivity index (χ0v) is 14.1. The maximum atomic E-state index is 4.12. The maximum absolute atomic E-state index is 4.12. The van der Waals surface area contributed by atoms with E-state index in [9.17, 15) is 0 Å². The third-order valence-electron chi connectivity index (χ3n) is 3.43. The number of fused-ring (bicyclic) bond motifs is 2. The van der Waals surface area contributed by atoms with Crippen LogP contribution in [0.2, 0.25) is 0 Å². The fraction of sp³-hybridized carbons (Fsp3) is 0. The van der Waals surface area contributed by atoms with Crippen LogP contribution in [0, 0.1) is 12.1 Å². The molecule has 4 rings (SSSR count). The van der Waals surface area contributed by atoms with Gasteiger partial charge in [0.05, 0.1) is 0 Å². The van der Waals surface area contributed by atoms with Crippen LogP contribution < -0.4 is 0 Å². The number of pyridine rings is 2. The van der Waals surface area contributed by atoms with Crippen molar-refractivity contribution in [3.63, 3.8) is 0 Å². The van der Waals surface area contributed by atoms with Crippen molar-refractivity contribution in [2.45, 2.75) is 0 Å². The number of hydrogen-bond acceptors (Lipinski definition) is 2. The Kier molecular flexibility index (Phi) is 4.09. The van der Waals surface area contributed by atoms with Crippen molar-refractivity contribution in [1.82, 2.24) is 9.97 Å². The molecule has 2 nitrogen and oxygen atoms in total. The van der Waals surface area contributed by atoms with E-state index in [0.29, 0.717) is 0 Å². The number of hydrogen-bond donors (Lipinski definition) is 0. The van der Waals surface area contributed by atoms with E-state index < -0.39 is 0 Å². The van der Waals surface area contributed by atoms with Crippen LogP contribution in [-0.2, 0) is 32.7 Å². The summed E-state index contributed by atoms with van der Waals surface area (Å²) < 4.78 is 0. The first-order chi connectivity index (χ1) is 9.90.